The molecule has 0 atom stereocenters. The molecule has 6 heteroatoms. The monoisotopic (exact) mass is 335 g/mol. The van der Waals surface area contributed by atoms with Crippen LogP contribution in [-0.2, 0) is 0 Å². The van der Waals surface area contributed by atoms with Crippen molar-refractivity contribution in [3.8, 4) is 0 Å². The van der Waals surface area contributed by atoms with Crippen LogP contribution in [0, 0.1) is 0 Å². The van der Waals surface area contributed by atoms with Gasteiger partial charge >= 0.3 is 4.50 Å². The van der Waals surface area contributed by atoms with E-state index in [9.17, 15) is 0 Å². The molecule has 0 saturated carbocycles. The quantitative estimate of drug-likeness (QED) is 0.553. The van der Waals surface area contributed by atoms with Gasteiger partial charge in [0, 0.05) is 0 Å². The summed E-state index contributed by atoms with van der Waals surface area (Å²) in [6.07, 6.45) is 0. The third-order valence-electron chi connectivity index (χ3n) is 1.13. The molecule has 0 spiro atoms. The van der Waals surface area contributed by atoms with E-state index in [1.54, 1.807) is 0 Å². The SMILES string of the molecule is CN(B(Br)Br)[Si](C)(C)Br. The van der Waals surface area contributed by atoms with Crippen molar-refractivity contribution in [1.82, 2.24) is 4.48 Å². The van der Waals surface area contributed by atoms with Crippen LogP contribution in [0.1, 0.15) is 0 Å². The van der Waals surface area contributed by atoms with Crippen molar-refractivity contribution >= 4 is 58.2 Å². The van der Waals surface area contributed by atoms with Gasteiger partial charge in [-0.1, -0.05) is 0 Å². The van der Waals surface area contributed by atoms with Crippen LogP contribution >= 0.6 is 46.8 Å². The molecule has 0 radical (unpaired) electrons. The van der Waals surface area contributed by atoms with Gasteiger partial charge in [-0.25, -0.2) is 0 Å². The Morgan fingerprint density at radius 2 is 1.67 bits per heavy atom. The van der Waals surface area contributed by atoms with Crippen LogP contribution in [0.5, 0.6) is 0 Å². The molecule has 0 rings (SSSR count). The first kappa shape index (κ1) is 10.7. The van der Waals surface area contributed by atoms with Crippen molar-refractivity contribution < 1.29 is 0 Å². The number of hydrogen-bond acceptors (Lipinski definition) is 1. The standard InChI is InChI=1S/C3H9BBr3NSi/c1-8(4(5)6)9(2,3)7/h1-3H3. The highest BCUT2D eigenvalue weighted by molar-refractivity contribution is 9.49. The van der Waals surface area contributed by atoms with Gasteiger partial charge in [-0.3, -0.25) is 0 Å². The first-order chi connectivity index (χ1) is 3.85. The van der Waals surface area contributed by atoms with E-state index >= 15 is 0 Å². The lowest BCUT2D eigenvalue weighted by Crippen LogP contribution is -2.44. The van der Waals surface area contributed by atoms with Crippen LogP contribution in [0.4, 0.5) is 0 Å². The van der Waals surface area contributed by atoms with Crippen LogP contribution in [-0.4, -0.2) is 22.9 Å². The fourth-order valence-corrected chi connectivity index (χ4v) is 6.03. The Morgan fingerprint density at radius 3 is 1.67 bits per heavy atom. The van der Waals surface area contributed by atoms with Crippen LogP contribution in [0.2, 0.25) is 13.1 Å². The average molecular weight is 338 g/mol. The van der Waals surface area contributed by atoms with E-state index in [0.29, 0.717) is 0 Å². The third kappa shape index (κ3) is 4.19. The highest BCUT2D eigenvalue weighted by Gasteiger charge is 2.28. The van der Waals surface area contributed by atoms with Crippen LogP contribution in [0.15, 0.2) is 0 Å². The van der Waals surface area contributed by atoms with Crippen molar-refractivity contribution in [3.63, 3.8) is 0 Å². The summed E-state index contributed by atoms with van der Waals surface area (Å²) in [5.41, 5.74) is 0. The van der Waals surface area contributed by atoms with E-state index in [4.69, 9.17) is 0 Å². The van der Waals surface area contributed by atoms with Crippen LogP contribution in [0.3, 0.4) is 0 Å². The fourth-order valence-electron chi connectivity index (χ4n) is 0.232. The van der Waals surface area contributed by atoms with Crippen molar-refractivity contribution in [2.24, 2.45) is 0 Å². The molecule has 9 heavy (non-hydrogen) atoms. The van der Waals surface area contributed by atoms with E-state index in [1.807, 2.05) is 0 Å². The second-order valence-corrected chi connectivity index (χ2v) is 14.6. The van der Waals surface area contributed by atoms with Crippen LogP contribution in [0.25, 0.3) is 0 Å². The molecular weight excluding hydrogens is 329 g/mol. The minimum atomic E-state index is -1.27. The molecule has 0 aliphatic carbocycles. The molecule has 0 aliphatic rings. The van der Waals surface area contributed by atoms with Crippen molar-refractivity contribution in [1.29, 1.82) is 0 Å². The third-order valence-corrected chi connectivity index (χ3v) is 6.73. The Labute approximate surface area is 82.3 Å². The number of nitrogens with zero attached hydrogens (tertiary/aromatic N) is 1. The maximum atomic E-state index is 3.65. The molecule has 0 unspecified atom stereocenters. The maximum absolute atomic E-state index is 3.65. The van der Waals surface area contributed by atoms with Crippen molar-refractivity contribution in [3.05, 3.63) is 0 Å². The minimum Gasteiger partial charge on any atom is -0.339 e. The minimum absolute atomic E-state index is 0.283. The molecule has 0 heterocycles. The van der Waals surface area contributed by atoms with Crippen molar-refractivity contribution in [2.45, 2.75) is 13.1 Å². The zero-order valence-corrected chi connectivity index (χ0v) is 11.4. The van der Waals surface area contributed by atoms with Gasteiger partial charge in [0.15, 0.2) is 6.85 Å². The lowest BCUT2D eigenvalue weighted by atomic mass is 10.4. The van der Waals surface area contributed by atoms with Crippen molar-refractivity contribution in [2.75, 3.05) is 7.05 Å². The summed E-state index contributed by atoms with van der Waals surface area (Å²) < 4.78 is 2.53. The van der Waals surface area contributed by atoms with E-state index < -0.39 is 6.85 Å². The molecule has 54 valence electrons. The fraction of sp³-hybridized carbons (Fsp3) is 1.00. The summed E-state index contributed by atoms with van der Waals surface area (Å²) in [5, 5.41) is 0. The molecule has 0 bridgehead atoms. The molecule has 0 aromatic heterocycles. The lowest BCUT2D eigenvalue weighted by Gasteiger charge is -2.27. The van der Waals surface area contributed by atoms with Gasteiger partial charge in [0.1, 0.15) is 0 Å². The summed E-state index contributed by atoms with van der Waals surface area (Å²) in [6, 6.07) is 0. The molecule has 0 saturated heterocycles. The van der Waals surface area contributed by atoms with Gasteiger partial charge in [0.05, 0.1) is 0 Å². The molecular formula is C3H9BBr3NSi. The summed E-state index contributed by atoms with van der Waals surface area (Å²) in [4.78, 5) is 0. The molecule has 1 nitrogen and oxygen atoms in total. The second kappa shape index (κ2) is 3.90. The number of rotatable bonds is 2. The molecule has 0 N–H and O–H groups in total. The zero-order chi connectivity index (χ0) is 7.65. The Bertz CT molecular complexity index is 93.5. The highest BCUT2D eigenvalue weighted by Crippen LogP contribution is 2.21. The van der Waals surface area contributed by atoms with Gasteiger partial charge in [0.2, 0.25) is 0 Å². The molecule has 0 aliphatic heterocycles. The van der Waals surface area contributed by atoms with Gasteiger partial charge in [-0.05, 0) is 20.1 Å². The second-order valence-electron chi connectivity index (χ2n) is 2.30. The molecule has 0 aromatic carbocycles. The first-order valence-corrected chi connectivity index (χ1v) is 9.59. The van der Waals surface area contributed by atoms with E-state index in [-0.39, 0.29) is 4.50 Å². The van der Waals surface area contributed by atoms with Crippen LogP contribution < -0.4 is 0 Å². The maximum Gasteiger partial charge on any atom is 0.372 e. The normalized spacial score (nSPS) is 12.3. The molecule has 0 amide bonds. The predicted octanol–water partition coefficient (Wildman–Crippen LogP) is 2.79. The number of hydrogen-bond donors (Lipinski definition) is 0. The van der Waals surface area contributed by atoms with Gasteiger partial charge in [-0.15, -0.1) is 46.8 Å². The van der Waals surface area contributed by atoms with E-state index in [1.165, 1.54) is 0 Å². The Kier molecular flexibility index (Phi) is 4.63. The van der Waals surface area contributed by atoms with Gasteiger partial charge in [-0.2, -0.15) is 0 Å². The zero-order valence-electron chi connectivity index (χ0n) is 5.66. The smallest absolute Gasteiger partial charge is 0.339 e. The Morgan fingerprint density at radius 1 is 1.33 bits per heavy atom. The Balaban J connectivity index is 3.88. The molecule has 0 aromatic rings. The summed E-state index contributed by atoms with van der Waals surface area (Å²) in [7, 11) is 2.08. The summed E-state index contributed by atoms with van der Waals surface area (Å²) in [5.74, 6) is 0. The summed E-state index contributed by atoms with van der Waals surface area (Å²) in [6.45, 7) is 3.18. The average Bonchev–Trinajstić information content (AvgIpc) is 1.62. The largest absolute Gasteiger partial charge is 0.372 e. The summed E-state index contributed by atoms with van der Waals surface area (Å²) >= 11 is 10.5. The highest BCUT2D eigenvalue weighted by atomic mass is 79.9. The molecule has 0 fully saturated rings. The Hall–Kier alpha value is 1.68. The van der Waals surface area contributed by atoms with Gasteiger partial charge < -0.3 is 4.48 Å². The van der Waals surface area contributed by atoms with Gasteiger partial charge in [0.25, 0.3) is 0 Å². The predicted molar refractivity (Wildman–Crippen MR) is 57.8 cm³/mol. The number of halogens is 3. The van der Waals surface area contributed by atoms with E-state index in [2.05, 4.69) is 71.4 Å². The topological polar surface area (TPSA) is 3.24 Å². The first-order valence-electron chi connectivity index (χ1n) is 2.55. The van der Waals surface area contributed by atoms with E-state index in [0.717, 1.165) is 0 Å². The lowest BCUT2D eigenvalue weighted by molar-refractivity contribution is 0.835.